The molecule has 3 aliphatic rings. The Labute approximate surface area is 203 Å². The average Bonchev–Trinajstić information content (AvgIpc) is 3.30. The second-order valence-corrected chi connectivity index (χ2v) is 9.05. The molecule has 1 saturated carbocycles. The van der Waals surface area contributed by atoms with E-state index in [9.17, 15) is 4.79 Å². The van der Waals surface area contributed by atoms with Crippen LogP contribution in [0.15, 0.2) is 48.5 Å². The zero-order valence-corrected chi connectivity index (χ0v) is 19.4. The Balaban J connectivity index is 1.03. The van der Waals surface area contributed by atoms with Gasteiger partial charge < -0.3 is 24.3 Å². The third-order valence-electron chi connectivity index (χ3n) is 6.43. The number of morpholine rings is 1. The lowest BCUT2D eigenvalue weighted by atomic mass is 10.1. The van der Waals surface area contributed by atoms with E-state index < -0.39 is 5.79 Å². The second-order valence-electron chi connectivity index (χ2n) is 9.05. The number of hydrogen-bond acceptors (Lipinski definition) is 7. The number of nitrogens with one attached hydrogen (secondary N) is 2. The molecule has 35 heavy (non-hydrogen) atoms. The Bertz CT molecular complexity index is 1200. The van der Waals surface area contributed by atoms with Crippen LogP contribution in [0.5, 0.6) is 17.2 Å². The molecule has 1 saturated heterocycles. The van der Waals surface area contributed by atoms with Gasteiger partial charge in [-0.3, -0.25) is 14.8 Å². The molecule has 0 bridgehead atoms. The monoisotopic (exact) mass is 476 g/mol. The number of aromatic nitrogens is 2. The summed E-state index contributed by atoms with van der Waals surface area (Å²) in [6, 6.07) is 14.7. The summed E-state index contributed by atoms with van der Waals surface area (Å²) in [5.41, 5.74) is 2.05. The number of ether oxygens (including phenoxy) is 4. The van der Waals surface area contributed by atoms with Crippen LogP contribution >= 0.6 is 0 Å². The molecule has 1 spiro atoms. The van der Waals surface area contributed by atoms with Gasteiger partial charge in [-0.05, 0) is 42.8 Å². The van der Waals surface area contributed by atoms with Crippen LogP contribution in [0.4, 0.5) is 5.82 Å². The van der Waals surface area contributed by atoms with Crippen LogP contribution in [0.1, 0.15) is 29.6 Å². The van der Waals surface area contributed by atoms with E-state index in [0.29, 0.717) is 29.4 Å². The summed E-state index contributed by atoms with van der Waals surface area (Å²) in [6.45, 7) is 5.22. The third-order valence-corrected chi connectivity index (χ3v) is 6.43. The summed E-state index contributed by atoms with van der Waals surface area (Å²) in [6.07, 6.45) is 2.73. The Morgan fingerprint density at radius 1 is 1.11 bits per heavy atom. The molecule has 9 nitrogen and oxygen atoms in total. The van der Waals surface area contributed by atoms with Gasteiger partial charge in [0.2, 0.25) is 0 Å². The highest BCUT2D eigenvalue weighted by Gasteiger charge is 2.53. The van der Waals surface area contributed by atoms with Crippen LogP contribution in [0.3, 0.4) is 0 Å². The molecule has 2 fully saturated rings. The molecular weight excluding hydrogens is 448 g/mol. The fraction of sp³-hybridized carbons (Fsp3) is 0.385. The van der Waals surface area contributed by atoms with Crippen LogP contribution in [0.2, 0.25) is 0 Å². The number of fused-ring (bicyclic) bond motifs is 1. The number of anilines is 1. The molecule has 0 unspecified atom stereocenters. The summed E-state index contributed by atoms with van der Waals surface area (Å²) in [5, 5.41) is 10.1. The van der Waals surface area contributed by atoms with Crippen LogP contribution in [0, 0.1) is 0 Å². The zero-order valence-electron chi connectivity index (χ0n) is 19.4. The Morgan fingerprint density at radius 3 is 2.74 bits per heavy atom. The summed E-state index contributed by atoms with van der Waals surface area (Å²) in [5.74, 6) is 1.98. The summed E-state index contributed by atoms with van der Waals surface area (Å²) >= 11 is 0. The fourth-order valence-corrected chi connectivity index (χ4v) is 4.34. The predicted octanol–water partition coefficient (Wildman–Crippen LogP) is 3.69. The smallest absolute Gasteiger partial charge is 0.256 e. The molecule has 6 rings (SSSR count). The van der Waals surface area contributed by atoms with E-state index in [4.69, 9.17) is 18.9 Å². The molecule has 1 amide bonds. The summed E-state index contributed by atoms with van der Waals surface area (Å²) < 4.78 is 23.2. The van der Waals surface area contributed by atoms with Gasteiger partial charge in [0.1, 0.15) is 11.6 Å². The van der Waals surface area contributed by atoms with Crippen LogP contribution < -0.4 is 19.5 Å². The molecule has 2 N–H and O–H groups in total. The lowest BCUT2D eigenvalue weighted by Crippen LogP contribution is -2.37. The maximum absolute atomic E-state index is 12.7. The van der Waals surface area contributed by atoms with Crippen molar-refractivity contribution in [2.45, 2.75) is 25.0 Å². The molecule has 1 aliphatic carbocycles. The standard InChI is InChI=1S/C26H28N4O5/c31-25(18-5-7-19(8-6-18)33-14-2-11-30-12-15-32-16-13-30)27-23-17-21(28-29-23)20-3-1-4-22-24(20)35-26(34-22)9-10-26/h1,3-8,17H,2,9-16H2,(H2,27,28,29,31). The fourth-order valence-electron chi connectivity index (χ4n) is 4.34. The molecule has 2 aromatic carbocycles. The predicted molar refractivity (Wildman–Crippen MR) is 129 cm³/mol. The summed E-state index contributed by atoms with van der Waals surface area (Å²) in [4.78, 5) is 15.1. The van der Waals surface area contributed by atoms with Crippen molar-refractivity contribution in [2.24, 2.45) is 0 Å². The first-order valence-electron chi connectivity index (χ1n) is 12.1. The molecule has 2 aliphatic heterocycles. The number of hydrogen-bond donors (Lipinski definition) is 2. The van der Waals surface area contributed by atoms with E-state index in [0.717, 1.165) is 69.2 Å². The highest BCUT2D eigenvalue weighted by Crippen LogP contribution is 2.54. The number of nitrogens with zero attached hydrogens (tertiary/aromatic N) is 2. The van der Waals surface area contributed by atoms with Gasteiger partial charge in [0, 0.05) is 49.7 Å². The lowest BCUT2D eigenvalue weighted by Gasteiger charge is -2.26. The zero-order chi connectivity index (χ0) is 23.7. The molecule has 0 atom stereocenters. The van der Waals surface area contributed by atoms with Crippen LogP contribution in [-0.4, -0.2) is 66.2 Å². The van der Waals surface area contributed by atoms with Gasteiger partial charge >= 0.3 is 0 Å². The third kappa shape index (κ3) is 4.82. The second kappa shape index (κ2) is 9.24. The molecule has 3 heterocycles. The maximum atomic E-state index is 12.7. The average molecular weight is 477 g/mol. The van der Waals surface area contributed by atoms with Crippen molar-refractivity contribution < 1.29 is 23.7 Å². The number of benzene rings is 2. The quantitative estimate of drug-likeness (QED) is 0.479. The number of rotatable bonds is 8. The van der Waals surface area contributed by atoms with E-state index in [1.165, 1.54) is 0 Å². The Kier molecular flexibility index (Phi) is 5.79. The van der Waals surface area contributed by atoms with E-state index in [1.807, 2.05) is 30.3 Å². The van der Waals surface area contributed by atoms with Gasteiger partial charge in [0.25, 0.3) is 11.7 Å². The molecule has 3 aromatic rings. The van der Waals surface area contributed by atoms with Gasteiger partial charge in [-0.2, -0.15) is 5.10 Å². The number of para-hydroxylation sites is 1. The van der Waals surface area contributed by atoms with Gasteiger partial charge in [0.15, 0.2) is 11.5 Å². The van der Waals surface area contributed by atoms with E-state index in [2.05, 4.69) is 20.4 Å². The van der Waals surface area contributed by atoms with E-state index >= 15 is 0 Å². The first kappa shape index (κ1) is 21.9. The first-order chi connectivity index (χ1) is 17.2. The number of aromatic amines is 1. The van der Waals surface area contributed by atoms with E-state index in [1.54, 1.807) is 18.2 Å². The largest absolute Gasteiger partial charge is 0.494 e. The van der Waals surface area contributed by atoms with Gasteiger partial charge in [-0.15, -0.1) is 0 Å². The topological polar surface area (TPSA) is 97.9 Å². The van der Waals surface area contributed by atoms with Crippen molar-refractivity contribution in [3.05, 3.63) is 54.1 Å². The minimum absolute atomic E-state index is 0.228. The number of H-pyrrole nitrogens is 1. The Morgan fingerprint density at radius 2 is 1.94 bits per heavy atom. The van der Waals surface area contributed by atoms with Gasteiger partial charge in [-0.25, -0.2) is 0 Å². The normalized spacial score (nSPS) is 17.9. The summed E-state index contributed by atoms with van der Waals surface area (Å²) in [7, 11) is 0. The highest BCUT2D eigenvalue weighted by molar-refractivity contribution is 6.04. The number of carbonyl (C=O) groups excluding carboxylic acids is 1. The number of amides is 1. The van der Waals surface area contributed by atoms with Crippen molar-refractivity contribution in [3.63, 3.8) is 0 Å². The van der Waals surface area contributed by atoms with Crippen LogP contribution in [0.25, 0.3) is 11.3 Å². The molecule has 182 valence electrons. The van der Waals surface area contributed by atoms with Crippen molar-refractivity contribution in [2.75, 3.05) is 44.8 Å². The van der Waals surface area contributed by atoms with Crippen molar-refractivity contribution in [1.82, 2.24) is 15.1 Å². The molecule has 1 aromatic heterocycles. The van der Waals surface area contributed by atoms with E-state index in [-0.39, 0.29) is 5.91 Å². The first-order valence-corrected chi connectivity index (χ1v) is 12.1. The number of carbonyl (C=O) groups is 1. The minimum Gasteiger partial charge on any atom is -0.494 e. The SMILES string of the molecule is O=C(Nc1cc(-c2cccc3c2OC2(CC2)O3)n[nH]1)c1ccc(OCCCN2CCOCC2)cc1. The van der Waals surface area contributed by atoms with Crippen molar-refractivity contribution >= 4 is 11.7 Å². The minimum atomic E-state index is -0.482. The van der Waals surface area contributed by atoms with Crippen molar-refractivity contribution in [1.29, 1.82) is 0 Å². The van der Waals surface area contributed by atoms with Crippen molar-refractivity contribution in [3.8, 4) is 28.5 Å². The van der Waals surface area contributed by atoms with Gasteiger partial charge in [-0.1, -0.05) is 6.07 Å². The molecular formula is C26H28N4O5. The molecule has 9 heteroatoms. The maximum Gasteiger partial charge on any atom is 0.256 e. The van der Waals surface area contributed by atoms with Crippen LogP contribution in [-0.2, 0) is 4.74 Å². The highest BCUT2D eigenvalue weighted by atomic mass is 16.7. The molecule has 0 radical (unpaired) electrons. The Hall–Kier alpha value is -3.56. The van der Waals surface area contributed by atoms with Gasteiger partial charge in [0.05, 0.1) is 25.5 Å². The lowest BCUT2D eigenvalue weighted by molar-refractivity contribution is 0.0219.